The molecule has 18 heavy (non-hydrogen) atoms. The van der Waals surface area contributed by atoms with E-state index in [4.69, 9.17) is 10.5 Å². The van der Waals surface area contributed by atoms with Gasteiger partial charge in [0.15, 0.2) is 0 Å². The number of para-hydroxylation sites is 1. The first-order valence-corrected chi connectivity index (χ1v) is 6.66. The van der Waals surface area contributed by atoms with E-state index in [-0.39, 0.29) is 0 Å². The molecule has 0 atom stereocenters. The Balaban J connectivity index is 2.15. The molecule has 0 aliphatic carbocycles. The van der Waals surface area contributed by atoms with E-state index in [0.29, 0.717) is 13.2 Å². The van der Waals surface area contributed by atoms with Crippen molar-refractivity contribution in [2.24, 2.45) is 5.73 Å². The van der Waals surface area contributed by atoms with Gasteiger partial charge in [0.1, 0.15) is 12.4 Å². The second-order valence-electron chi connectivity index (χ2n) is 4.21. The van der Waals surface area contributed by atoms with Gasteiger partial charge in [-0.2, -0.15) is 0 Å². The number of hydrogen-bond donors (Lipinski definition) is 1. The monoisotopic (exact) mass is 305 g/mol. The predicted molar refractivity (Wildman–Crippen MR) is 77.5 cm³/mol. The lowest BCUT2D eigenvalue weighted by molar-refractivity contribution is 0.301. The molecule has 0 fully saturated rings. The van der Waals surface area contributed by atoms with Gasteiger partial charge in [-0.1, -0.05) is 42.0 Å². The van der Waals surface area contributed by atoms with Crippen molar-refractivity contribution in [3.05, 3.63) is 63.6 Å². The van der Waals surface area contributed by atoms with Gasteiger partial charge in [0.05, 0.1) is 4.47 Å². The summed E-state index contributed by atoms with van der Waals surface area (Å²) in [5.41, 5.74) is 9.12. The van der Waals surface area contributed by atoms with Crippen LogP contribution in [0.1, 0.15) is 16.7 Å². The van der Waals surface area contributed by atoms with E-state index >= 15 is 0 Å². The molecule has 2 aromatic rings. The van der Waals surface area contributed by atoms with Crippen molar-refractivity contribution in [1.82, 2.24) is 0 Å². The van der Waals surface area contributed by atoms with Crippen LogP contribution in [0.15, 0.2) is 46.9 Å². The third kappa shape index (κ3) is 3.12. The lowest BCUT2D eigenvalue weighted by Gasteiger charge is -2.12. The fourth-order valence-electron chi connectivity index (χ4n) is 1.83. The van der Waals surface area contributed by atoms with Gasteiger partial charge in [-0.25, -0.2) is 0 Å². The minimum Gasteiger partial charge on any atom is -0.487 e. The Kier molecular flexibility index (Phi) is 4.39. The van der Waals surface area contributed by atoms with Crippen LogP contribution >= 0.6 is 15.9 Å². The zero-order chi connectivity index (χ0) is 13.0. The summed E-state index contributed by atoms with van der Waals surface area (Å²) in [6.45, 7) is 3.10. The lowest BCUT2D eigenvalue weighted by atomic mass is 10.1. The molecule has 0 radical (unpaired) electrons. The number of ether oxygens (including phenoxy) is 1. The third-order valence-electron chi connectivity index (χ3n) is 2.73. The Morgan fingerprint density at radius 1 is 1.17 bits per heavy atom. The fraction of sp³-hybridized carbons (Fsp3) is 0.200. The normalized spacial score (nSPS) is 10.4. The van der Waals surface area contributed by atoms with Gasteiger partial charge in [0.2, 0.25) is 0 Å². The van der Waals surface area contributed by atoms with E-state index in [9.17, 15) is 0 Å². The van der Waals surface area contributed by atoms with Crippen LogP contribution in [-0.2, 0) is 13.2 Å². The first-order chi connectivity index (χ1) is 8.70. The van der Waals surface area contributed by atoms with Crippen molar-refractivity contribution in [2.75, 3.05) is 0 Å². The van der Waals surface area contributed by atoms with Crippen LogP contribution in [0.3, 0.4) is 0 Å². The number of rotatable bonds is 4. The summed E-state index contributed by atoms with van der Waals surface area (Å²) in [5, 5.41) is 0. The third-order valence-corrected chi connectivity index (χ3v) is 3.36. The summed E-state index contributed by atoms with van der Waals surface area (Å²) in [6.07, 6.45) is 0. The molecule has 2 aromatic carbocycles. The Morgan fingerprint density at radius 3 is 2.67 bits per heavy atom. The van der Waals surface area contributed by atoms with Crippen molar-refractivity contribution in [1.29, 1.82) is 0 Å². The van der Waals surface area contributed by atoms with Crippen LogP contribution in [-0.4, -0.2) is 0 Å². The lowest BCUT2D eigenvalue weighted by Crippen LogP contribution is -2.03. The number of benzene rings is 2. The summed E-state index contributed by atoms with van der Waals surface area (Å²) >= 11 is 3.50. The molecule has 2 N–H and O–H groups in total. The summed E-state index contributed by atoms with van der Waals surface area (Å²) < 4.78 is 6.82. The average molecular weight is 306 g/mol. The van der Waals surface area contributed by atoms with Crippen molar-refractivity contribution in [3.8, 4) is 5.75 Å². The Morgan fingerprint density at radius 2 is 1.94 bits per heavy atom. The molecule has 0 heterocycles. The van der Waals surface area contributed by atoms with Crippen molar-refractivity contribution in [3.63, 3.8) is 0 Å². The van der Waals surface area contributed by atoms with Gasteiger partial charge in [0, 0.05) is 12.1 Å². The highest BCUT2D eigenvalue weighted by Crippen LogP contribution is 2.29. The van der Waals surface area contributed by atoms with Crippen LogP contribution in [0.25, 0.3) is 0 Å². The van der Waals surface area contributed by atoms with Crippen molar-refractivity contribution in [2.45, 2.75) is 20.1 Å². The number of halogens is 1. The molecular weight excluding hydrogens is 290 g/mol. The van der Waals surface area contributed by atoms with Gasteiger partial charge in [-0.05, 0) is 34.5 Å². The molecule has 2 nitrogen and oxygen atoms in total. The summed E-state index contributed by atoms with van der Waals surface area (Å²) in [6, 6.07) is 14.2. The molecule has 0 aliphatic rings. The Hall–Kier alpha value is -1.32. The highest BCUT2D eigenvalue weighted by atomic mass is 79.9. The first-order valence-electron chi connectivity index (χ1n) is 5.86. The molecule has 0 amide bonds. The zero-order valence-corrected chi connectivity index (χ0v) is 11.9. The molecule has 94 valence electrons. The van der Waals surface area contributed by atoms with E-state index in [1.165, 1.54) is 5.56 Å². The highest BCUT2D eigenvalue weighted by molar-refractivity contribution is 9.10. The molecule has 3 heteroatoms. The molecule has 2 rings (SSSR count). The SMILES string of the molecule is Cc1cccc(COc2c(Br)cccc2CN)c1. The molecule has 0 unspecified atom stereocenters. The minimum atomic E-state index is 0.475. The Bertz CT molecular complexity index is 540. The topological polar surface area (TPSA) is 35.2 Å². The molecule has 0 aromatic heterocycles. The van der Waals surface area contributed by atoms with Crippen molar-refractivity contribution >= 4 is 15.9 Å². The van der Waals surface area contributed by atoms with Crippen LogP contribution in [0.5, 0.6) is 5.75 Å². The van der Waals surface area contributed by atoms with Gasteiger partial charge >= 0.3 is 0 Å². The maximum Gasteiger partial charge on any atom is 0.138 e. The molecule has 0 aliphatic heterocycles. The minimum absolute atomic E-state index is 0.475. The predicted octanol–water partition coefficient (Wildman–Crippen LogP) is 3.80. The van der Waals surface area contributed by atoms with Gasteiger partial charge in [-0.15, -0.1) is 0 Å². The van der Waals surface area contributed by atoms with E-state index < -0.39 is 0 Å². The van der Waals surface area contributed by atoms with Gasteiger partial charge in [0.25, 0.3) is 0 Å². The van der Waals surface area contributed by atoms with Crippen LogP contribution in [0.2, 0.25) is 0 Å². The van der Waals surface area contributed by atoms with Crippen LogP contribution in [0, 0.1) is 6.92 Å². The second kappa shape index (κ2) is 6.03. The maximum atomic E-state index is 5.87. The van der Waals surface area contributed by atoms with Gasteiger partial charge < -0.3 is 10.5 Å². The number of nitrogens with two attached hydrogens (primary N) is 1. The molecule has 0 saturated heterocycles. The summed E-state index contributed by atoms with van der Waals surface area (Å²) in [5.74, 6) is 0.835. The van der Waals surface area contributed by atoms with Gasteiger partial charge in [-0.3, -0.25) is 0 Å². The summed E-state index contributed by atoms with van der Waals surface area (Å²) in [4.78, 5) is 0. The summed E-state index contributed by atoms with van der Waals surface area (Å²) in [7, 11) is 0. The highest BCUT2D eigenvalue weighted by Gasteiger charge is 2.07. The zero-order valence-electron chi connectivity index (χ0n) is 10.3. The Labute approximate surface area is 116 Å². The largest absolute Gasteiger partial charge is 0.487 e. The molecule has 0 bridgehead atoms. The number of aryl methyl sites for hydroxylation is 1. The van der Waals surface area contributed by atoms with E-state index in [1.807, 2.05) is 24.3 Å². The van der Waals surface area contributed by atoms with E-state index in [0.717, 1.165) is 21.3 Å². The molecule has 0 spiro atoms. The fourth-order valence-corrected chi connectivity index (χ4v) is 2.36. The van der Waals surface area contributed by atoms with Crippen LogP contribution < -0.4 is 10.5 Å². The quantitative estimate of drug-likeness (QED) is 0.932. The maximum absolute atomic E-state index is 5.87. The van der Waals surface area contributed by atoms with Crippen LogP contribution in [0.4, 0.5) is 0 Å². The number of hydrogen-bond acceptors (Lipinski definition) is 2. The first kappa shape index (κ1) is 13.1. The molecular formula is C15H16BrNO. The molecule has 0 saturated carbocycles. The van der Waals surface area contributed by atoms with Crippen molar-refractivity contribution < 1.29 is 4.74 Å². The standard InChI is InChI=1S/C15H16BrNO/c1-11-4-2-5-12(8-11)10-18-15-13(9-17)6-3-7-14(15)16/h2-8H,9-10,17H2,1H3. The smallest absolute Gasteiger partial charge is 0.138 e. The van der Waals surface area contributed by atoms with E-state index in [1.54, 1.807) is 0 Å². The average Bonchev–Trinajstić information content (AvgIpc) is 2.37. The second-order valence-corrected chi connectivity index (χ2v) is 5.06. The van der Waals surface area contributed by atoms with E-state index in [2.05, 4.69) is 41.1 Å².